The summed E-state index contributed by atoms with van der Waals surface area (Å²) in [6.45, 7) is 8.59. The molecule has 0 fully saturated rings. The van der Waals surface area contributed by atoms with E-state index in [2.05, 4.69) is 27.7 Å². The van der Waals surface area contributed by atoms with Gasteiger partial charge in [-0.25, -0.2) is 0 Å². The molecule has 0 heterocycles. The fraction of sp³-hybridized carbons (Fsp3) is 1.00. The minimum atomic E-state index is 0.0930. The van der Waals surface area contributed by atoms with Gasteiger partial charge in [-0.2, -0.15) is 0 Å². The first-order valence-corrected chi connectivity index (χ1v) is 8.84. The Kier molecular flexibility index (Phi) is 10.5. The summed E-state index contributed by atoms with van der Waals surface area (Å²) < 4.78 is 0. The van der Waals surface area contributed by atoms with E-state index in [0.717, 1.165) is 51.4 Å². The van der Waals surface area contributed by atoms with E-state index in [9.17, 15) is 0 Å². The SMILES string of the molecule is CCC(N)CC(CC(N)CC)(CC(N)CC)CC(N)CC. The minimum Gasteiger partial charge on any atom is -0.328 e. The van der Waals surface area contributed by atoms with E-state index in [-0.39, 0.29) is 29.6 Å². The van der Waals surface area contributed by atoms with Crippen LogP contribution in [0.15, 0.2) is 0 Å². The molecule has 0 radical (unpaired) electrons. The quantitative estimate of drug-likeness (QED) is 0.444. The van der Waals surface area contributed by atoms with Gasteiger partial charge in [0.2, 0.25) is 0 Å². The largest absolute Gasteiger partial charge is 0.328 e. The summed E-state index contributed by atoms with van der Waals surface area (Å²) in [5.74, 6) is 0. The molecular formula is C17H40N4. The number of hydrogen-bond acceptors (Lipinski definition) is 4. The molecule has 0 aromatic rings. The van der Waals surface area contributed by atoms with Crippen molar-refractivity contribution in [2.75, 3.05) is 0 Å². The Morgan fingerprint density at radius 3 is 0.857 bits per heavy atom. The summed E-state index contributed by atoms with van der Waals surface area (Å²) in [7, 11) is 0. The Hall–Kier alpha value is -0.160. The lowest BCUT2D eigenvalue weighted by Crippen LogP contribution is -2.43. The Morgan fingerprint density at radius 2 is 0.714 bits per heavy atom. The molecule has 0 bridgehead atoms. The highest BCUT2D eigenvalue weighted by molar-refractivity contribution is 4.91. The van der Waals surface area contributed by atoms with Crippen molar-refractivity contribution in [1.82, 2.24) is 0 Å². The first-order chi connectivity index (χ1) is 9.82. The number of rotatable bonds is 12. The van der Waals surface area contributed by atoms with E-state index in [0.29, 0.717) is 0 Å². The van der Waals surface area contributed by atoms with E-state index in [4.69, 9.17) is 22.9 Å². The zero-order chi connectivity index (χ0) is 16.5. The summed E-state index contributed by atoms with van der Waals surface area (Å²) >= 11 is 0. The zero-order valence-electron chi connectivity index (χ0n) is 14.8. The number of nitrogens with two attached hydrogens (primary N) is 4. The molecule has 0 rings (SSSR count). The van der Waals surface area contributed by atoms with Gasteiger partial charge in [0.15, 0.2) is 0 Å². The summed E-state index contributed by atoms with van der Waals surface area (Å²) in [6.07, 6.45) is 7.91. The molecule has 0 aliphatic carbocycles. The van der Waals surface area contributed by atoms with E-state index < -0.39 is 0 Å². The average Bonchev–Trinajstić information content (AvgIpc) is 2.46. The molecule has 4 atom stereocenters. The van der Waals surface area contributed by atoms with E-state index >= 15 is 0 Å². The Labute approximate surface area is 132 Å². The molecule has 8 N–H and O–H groups in total. The predicted octanol–water partition coefficient (Wildman–Crippen LogP) is 2.48. The van der Waals surface area contributed by atoms with Gasteiger partial charge in [0.25, 0.3) is 0 Å². The van der Waals surface area contributed by atoms with Crippen LogP contribution in [-0.2, 0) is 0 Å². The fourth-order valence-electron chi connectivity index (χ4n) is 3.30. The molecule has 0 spiro atoms. The maximum absolute atomic E-state index is 6.29. The van der Waals surface area contributed by atoms with Gasteiger partial charge in [-0.1, -0.05) is 27.7 Å². The second kappa shape index (κ2) is 10.5. The van der Waals surface area contributed by atoms with Crippen molar-refractivity contribution < 1.29 is 0 Å². The molecule has 4 nitrogen and oxygen atoms in total. The summed E-state index contributed by atoms with van der Waals surface area (Å²) in [5, 5.41) is 0. The van der Waals surface area contributed by atoms with E-state index in [1.54, 1.807) is 0 Å². The average molecular weight is 301 g/mol. The standard InChI is InChI=1S/C17H40N4/c1-5-13(18)9-17(10-14(19)6-2,11-15(20)7-3)12-16(21)8-4/h13-16H,5-12,18-21H2,1-4H3. The van der Waals surface area contributed by atoms with Gasteiger partial charge in [0.05, 0.1) is 0 Å². The van der Waals surface area contributed by atoms with Crippen molar-refractivity contribution in [3.63, 3.8) is 0 Å². The van der Waals surface area contributed by atoms with Crippen LogP contribution in [0.2, 0.25) is 0 Å². The first kappa shape index (κ1) is 20.8. The second-order valence-corrected chi connectivity index (χ2v) is 6.99. The third-order valence-corrected chi connectivity index (χ3v) is 4.88. The molecule has 0 saturated carbocycles. The lowest BCUT2D eigenvalue weighted by atomic mass is 9.67. The topological polar surface area (TPSA) is 104 Å². The van der Waals surface area contributed by atoms with E-state index in [1.165, 1.54) is 0 Å². The summed E-state index contributed by atoms with van der Waals surface area (Å²) in [5.41, 5.74) is 25.2. The number of hydrogen-bond donors (Lipinski definition) is 4. The molecule has 128 valence electrons. The first-order valence-electron chi connectivity index (χ1n) is 8.84. The molecule has 0 aliphatic heterocycles. The molecule has 0 aliphatic rings. The molecule has 0 amide bonds. The monoisotopic (exact) mass is 300 g/mol. The Balaban J connectivity index is 5.23. The van der Waals surface area contributed by atoms with Crippen molar-refractivity contribution in [3.8, 4) is 0 Å². The minimum absolute atomic E-state index is 0.0930. The van der Waals surface area contributed by atoms with Crippen molar-refractivity contribution >= 4 is 0 Å². The predicted molar refractivity (Wildman–Crippen MR) is 94.0 cm³/mol. The molecule has 21 heavy (non-hydrogen) atoms. The Bertz CT molecular complexity index is 204. The van der Waals surface area contributed by atoms with Crippen LogP contribution in [-0.4, -0.2) is 24.2 Å². The summed E-state index contributed by atoms with van der Waals surface area (Å²) in [4.78, 5) is 0. The van der Waals surface area contributed by atoms with Crippen LogP contribution in [0, 0.1) is 5.41 Å². The lowest BCUT2D eigenvalue weighted by Gasteiger charge is -2.41. The van der Waals surface area contributed by atoms with Crippen LogP contribution in [0.5, 0.6) is 0 Å². The third kappa shape index (κ3) is 8.15. The van der Waals surface area contributed by atoms with Crippen LogP contribution in [0.4, 0.5) is 0 Å². The maximum atomic E-state index is 6.29. The van der Waals surface area contributed by atoms with Gasteiger partial charge in [0, 0.05) is 24.2 Å². The van der Waals surface area contributed by atoms with Gasteiger partial charge in [0.1, 0.15) is 0 Å². The van der Waals surface area contributed by atoms with Crippen LogP contribution in [0.3, 0.4) is 0 Å². The van der Waals surface area contributed by atoms with Gasteiger partial charge >= 0.3 is 0 Å². The second-order valence-electron chi connectivity index (χ2n) is 6.99. The normalized spacial score (nSPS) is 20.6. The molecule has 4 unspecified atom stereocenters. The molecule has 0 aromatic heterocycles. The van der Waals surface area contributed by atoms with Crippen molar-refractivity contribution in [1.29, 1.82) is 0 Å². The van der Waals surface area contributed by atoms with Crippen molar-refractivity contribution in [3.05, 3.63) is 0 Å². The smallest absolute Gasteiger partial charge is 0.00415 e. The summed E-state index contributed by atoms with van der Waals surface area (Å²) in [6, 6.07) is 0.841. The fourth-order valence-corrected chi connectivity index (χ4v) is 3.30. The lowest BCUT2D eigenvalue weighted by molar-refractivity contribution is 0.140. The highest BCUT2D eigenvalue weighted by Gasteiger charge is 2.35. The molecule has 0 aromatic carbocycles. The molecule has 4 heteroatoms. The zero-order valence-corrected chi connectivity index (χ0v) is 14.8. The van der Waals surface area contributed by atoms with Crippen LogP contribution in [0.25, 0.3) is 0 Å². The molecule has 0 saturated heterocycles. The van der Waals surface area contributed by atoms with Gasteiger partial charge in [-0.15, -0.1) is 0 Å². The highest BCUT2D eigenvalue weighted by Crippen LogP contribution is 2.40. The van der Waals surface area contributed by atoms with Crippen molar-refractivity contribution in [2.45, 2.75) is 103 Å². The van der Waals surface area contributed by atoms with Gasteiger partial charge in [-0.3, -0.25) is 0 Å². The van der Waals surface area contributed by atoms with Crippen LogP contribution in [0.1, 0.15) is 79.1 Å². The van der Waals surface area contributed by atoms with Gasteiger partial charge in [-0.05, 0) is 56.8 Å². The van der Waals surface area contributed by atoms with Gasteiger partial charge < -0.3 is 22.9 Å². The third-order valence-electron chi connectivity index (χ3n) is 4.88. The van der Waals surface area contributed by atoms with E-state index in [1.807, 2.05) is 0 Å². The molecular weight excluding hydrogens is 260 g/mol. The van der Waals surface area contributed by atoms with Crippen LogP contribution >= 0.6 is 0 Å². The van der Waals surface area contributed by atoms with Crippen LogP contribution < -0.4 is 22.9 Å². The Morgan fingerprint density at radius 1 is 0.524 bits per heavy atom. The maximum Gasteiger partial charge on any atom is 0.00415 e. The van der Waals surface area contributed by atoms with Crippen molar-refractivity contribution in [2.24, 2.45) is 28.3 Å². The highest BCUT2D eigenvalue weighted by atomic mass is 14.7.